The van der Waals surface area contributed by atoms with Gasteiger partial charge in [0, 0.05) is 32.7 Å². The molecule has 2 unspecified atom stereocenters. The van der Waals surface area contributed by atoms with E-state index in [1.807, 2.05) is 16.8 Å². The van der Waals surface area contributed by atoms with E-state index in [1.165, 1.54) is 0 Å². The highest BCUT2D eigenvalue weighted by Crippen LogP contribution is 2.18. The Kier molecular flexibility index (Phi) is 4.83. The van der Waals surface area contributed by atoms with Crippen molar-refractivity contribution in [2.75, 3.05) is 39.9 Å². The van der Waals surface area contributed by atoms with Gasteiger partial charge < -0.3 is 19.9 Å². The van der Waals surface area contributed by atoms with E-state index in [0.717, 1.165) is 52.1 Å². The van der Waals surface area contributed by atoms with Gasteiger partial charge >= 0.3 is 6.03 Å². The smallest absolute Gasteiger partial charge is 0.320 e. The molecule has 0 radical (unpaired) electrons. The molecule has 104 valence electrons. The minimum absolute atomic E-state index is 0.185. The zero-order valence-electron chi connectivity index (χ0n) is 11.5. The summed E-state index contributed by atoms with van der Waals surface area (Å²) in [6, 6.07) is 0.991. The highest BCUT2D eigenvalue weighted by atomic mass is 16.5. The molecule has 0 bridgehead atoms. The van der Waals surface area contributed by atoms with Crippen molar-refractivity contribution in [2.45, 2.75) is 38.3 Å². The first-order valence-corrected chi connectivity index (χ1v) is 7.05. The molecule has 5 heteroatoms. The number of likely N-dealkylation sites (N-methyl/N-ethyl adjacent to an activating group) is 1. The Morgan fingerprint density at radius 2 is 2.28 bits per heavy atom. The number of urea groups is 1. The van der Waals surface area contributed by atoms with Crippen molar-refractivity contribution >= 4 is 6.03 Å². The lowest BCUT2D eigenvalue weighted by Gasteiger charge is -2.25. The molecule has 0 aromatic carbocycles. The van der Waals surface area contributed by atoms with E-state index in [4.69, 9.17) is 4.74 Å². The van der Waals surface area contributed by atoms with Crippen molar-refractivity contribution in [3.63, 3.8) is 0 Å². The molecule has 2 fully saturated rings. The lowest BCUT2D eigenvalue weighted by atomic mass is 10.1. The van der Waals surface area contributed by atoms with Crippen molar-refractivity contribution in [3.8, 4) is 0 Å². The Morgan fingerprint density at radius 3 is 2.94 bits per heavy atom. The van der Waals surface area contributed by atoms with E-state index in [9.17, 15) is 4.79 Å². The molecule has 2 amide bonds. The summed E-state index contributed by atoms with van der Waals surface area (Å²) >= 11 is 0. The number of hydrogen-bond donors (Lipinski definition) is 1. The van der Waals surface area contributed by atoms with Crippen LogP contribution in [0.3, 0.4) is 0 Å². The molecule has 0 aromatic rings. The van der Waals surface area contributed by atoms with Crippen LogP contribution in [0, 0.1) is 0 Å². The molecule has 2 saturated heterocycles. The van der Waals surface area contributed by atoms with Crippen molar-refractivity contribution in [2.24, 2.45) is 0 Å². The third kappa shape index (κ3) is 3.14. The average molecular weight is 255 g/mol. The summed E-state index contributed by atoms with van der Waals surface area (Å²) in [6.07, 6.45) is 3.22. The van der Waals surface area contributed by atoms with Crippen LogP contribution in [-0.2, 0) is 4.74 Å². The molecule has 0 aliphatic carbocycles. The summed E-state index contributed by atoms with van der Waals surface area (Å²) in [6.45, 7) is 6.40. The number of carbonyl (C=O) groups excluding carboxylic acids is 1. The van der Waals surface area contributed by atoms with E-state index >= 15 is 0 Å². The topological polar surface area (TPSA) is 44.8 Å². The average Bonchev–Trinajstić information content (AvgIpc) is 2.66. The number of ether oxygens (including phenoxy) is 1. The van der Waals surface area contributed by atoms with Crippen LogP contribution < -0.4 is 5.32 Å². The van der Waals surface area contributed by atoms with Gasteiger partial charge in [-0.15, -0.1) is 0 Å². The van der Waals surface area contributed by atoms with Crippen LogP contribution in [0.25, 0.3) is 0 Å². The molecular weight excluding hydrogens is 230 g/mol. The van der Waals surface area contributed by atoms with Gasteiger partial charge in [0.15, 0.2) is 0 Å². The van der Waals surface area contributed by atoms with E-state index in [1.54, 1.807) is 0 Å². The summed E-state index contributed by atoms with van der Waals surface area (Å²) in [5, 5.41) is 3.43. The number of rotatable bonds is 5. The second-order valence-corrected chi connectivity index (χ2v) is 5.30. The predicted molar refractivity (Wildman–Crippen MR) is 70.7 cm³/mol. The molecule has 0 saturated carbocycles. The second kappa shape index (κ2) is 6.38. The molecule has 2 atom stereocenters. The standard InChI is InChI=1S/C13H25N3O2/c1-3-4-12-9-16(13(17)15(12)2)7-5-11-10-18-8-6-14-11/h11-12,14H,3-10H2,1-2H3. The van der Waals surface area contributed by atoms with Crippen LogP contribution >= 0.6 is 0 Å². The molecule has 2 aliphatic heterocycles. The van der Waals surface area contributed by atoms with Gasteiger partial charge in [0.2, 0.25) is 0 Å². The Balaban J connectivity index is 1.77. The van der Waals surface area contributed by atoms with Crippen LogP contribution in [0.15, 0.2) is 0 Å². The third-order valence-corrected chi connectivity index (χ3v) is 3.92. The first-order valence-electron chi connectivity index (χ1n) is 7.05. The molecular formula is C13H25N3O2. The summed E-state index contributed by atoms with van der Waals surface area (Å²) in [4.78, 5) is 15.9. The van der Waals surface area contributed by atoms with Crippen LogP contribution in [0.2, 0.25) is 0 Å². The Hall–Kier alpha value is -0.810. The van der Waals surface area contributed by atoms with Crippen LogP contribution in [0.4, 0.5) is 4.79 Å². The largest absolute Gasteiger partial charge is 0.379 e. The first-order chi connectivity index (χ1) is 8.72. The molecule has 5 nitrogen and oxygen atoms in total. The molecule has 2 aliphatic rings. The summed E-state index contributed by atoms with van der Waals surface area (Å²) in [5.74, 6) is 0. The van der Waals surface area contributed by atoms with Crippen LogP contribution in [0.1, 0.15) is 26.2 Å². The normalized spacial score (nSPS) is 29.1. The number of nitrogens with one attached hydrogen (secondary N) is 1. The van der Waals surface area contributed by atoms with Crippen molar-refractivity contribution in [1.82, 2.24) is 15.1 Å². The van der Waals surface area contributed by atoms with Crippen LogP contribution in [0.5, 0.6) is 0 Å². The molecule has 1 N–H and O–H groups in total. The molecule has 0 aromatic heterocycles. The SMILES string of the molecule is CCCC1CN(CCC2COCCN2)C(=O)N1C. The zero-order chi connectivity index (χ0) is 13.0. The minimum Gasteiger partial charge on any atom is -0.379 e. The van der Waals surface area contributed by atoms with Gasteiger partial charge in [-0.1, -0.05) is 13.3 Å². The fraction of sp³-hybridized carbons (Fsp3) is 0.923. The van der Waals surface area contributed by atoms with Crippen molar-refractivity contribution in [1.29, 1.82) is 0 Å². The van der Waals surface area contributed by atoms with Gasteiger partial charge in [0.05, 0.1) is 19.3 Å². The molecule has 2 heterocycles. The number of nitrogens with zero attached hydrogens (tertiary/aromatic N) is 2. The summed E-state index contributed by atoms with van der Waals surface area (Å²) in [5.41, 5.74) is 0. The van der Waals surface area contributed by atoms with Gasteiger partial charge in [0.1, 0.15) is 0 Å². The Bertz CT molecular complexity index is 279. The maximum absolute atomic E-state index is 12.1. The van der Waals surface area contributed by atoms with Crippen LogP contribution in [-0.4, -0.2) is 67.8 Å². The quantitative estimate of drug-likeness (QED) is 0.794. The van der Waals surface area contributed by atoms with E-state index < -0.39 is 0 Å². The van der Waals surface area contributed by atoms with Gasteiger partial charge in [-0.2, -0.15) is 0 Å². The van der Waals surface area contributed by atoms with E-state index in [-0.39, 0.29) is 6.03 Å². The lowest BCUT2D eigenvalue weighted by Crippen LogP contribution is -2.43. The summed E-state index contributed by atoms with van der Waals surface area (Å²) in [7, 11) is 1.92. The van der Waals surface area contributed by atoms with Gasteiger partial charge in [-0.05, 0) is 12.8 Å². The number of carbonyl (C=O) groups is 1. The number of hydrogen-bond acceptors (Lipinski definition) is 3. The van der Waals surface area contributed by atoms with Crippen molar-refractivity contribution in [3.05, 3.63) is 0 Å². The number of amides is 2. The predicted octanol–water partition coefficient (Wildman–Crippen LogP) is 0.901. The monoisotopic (exact) mass is 255 g/mol. The summed E-state index contributed by atoms with van der Waals surface area (Å²) < 4.78 is 5.43. The van der Waals surface area contributed by atoms with E-state index in [2.05, 4.69) is 12.2 Å². The zero-order valence-corrected chi connectivity index (χ0v) is 11.5. The molecule has 2 rings (SSSR count). The Labute approximate surface area is 109 Å². The lowest BCUT2D eigenvalue weighted by molar-refractivity contribution is 0.0717. The van der Waals surface area contributed by atoms with Gasteiger partial charge in [-0.25, -0.2) is 4.79 Å². The Morgan fingerprint density at radius 1 is 1.44 bits per heavy atom. The molecule has 0 spiro atoms. The van der Waals surface area contributed by atoms with Gasteiger partial charge in [-0.3, -0.25) is 0 Å². The third-order valence-electron chi connectivity index (χ3n) is 3.92. The van der Waals surface area contributed by atoms with E-state index in [0.29, 0.717) is 12.1 Å². The number of morpholine rings is 1. The minimum atomic E-state index is 0.185. The van der Waals surface area contributed by atoms with Crippen molar-refractivity contribution < 1.29 is 9.53 Å². The second-order valence-electron chi connectivity index (χ2n) is 5.30. The maximum Gasteiger partial charge on any atom is 0.320 e. The fourth-order valence-electron chi connectivity index (χ4n) is 2.76. The molecule has 18 heavy (non-hydrogen) atoms. The van der Waals surface area contributed by atoms with Gasteiger partial charge in [0.25, 0.3) is 0 Å². The first kappa shape index (κ1) is 13.6. The fourth-order valence-corrected chi connectivity index (χ4v) is 2.76. The maximum atomic E-state index is 12.1. The highest BCUT2D eigenvalue weighted by molar-refractivity contribution is 5.76. The highest BCUT2D eigenvalue weighted by Gasteiger charge is 2.33.